The van der Waals surface area contributed by atoms with E-state index in [2.05, 4.69) is 10.1 Å². The average molecular weight is 409 g/mol. The Morgan fingerprint density at radius 1 is 1.29 bits per heavy atom. The molecule has 3 rings (SSSR count). The number of carbonyl (C=O) groups excluding carboxylic acids is 1. The maximum absolute atomic E-state index is 13.5. The standard InChI is InChI=1S/C19H18F3N3O2S/c1-11(2)7-14-9-17(19(20,21)22)25(24-14)18-23-16(10-28-18)13-5-4-6-15(8-13)27-12(3)26/h4-6,8-11H,7H2,1-3H3. The van der Waals surface area contributed by atoms with E-state index in [4.69, 9.17) is 4.74 Å². The summed E-state index contributed by atoms with van der Waals surface area (Å²) in [5.41, 5.74) is 0.626. The molecule has 0 unspecified atom stereocenters. The van der Waals surface area contributed by atoms with Crippen molar-refractivity contribution in [2.45, 2.75) is 33.4 Å². The molecule has 9 heteroatoms. The summed E-state index contributed by atoms with van der Waals surface area (Å²) in [7, 11) is 0. The van der Waals surface area contributed by atoms with E-state index in [1.165, 1.54) is 6.92 Å². The number of halogens is 3. The zero-order valence-electron chi connectivity index (χ0n) is 15.4. The van der Waals surface area contributed by atoms with Crippen LogP contribution in [0.4, 0.5) is 13.2 Å². The van der Waals surface area contributed by atoms with E-state index in [-0.39, 0.29) is 11.0 Å². The second kappa shape index (κ2) is 7.75. The van der Waals surface area contributed by atoms with Crippen LogP contribution in [0.2, 0.25) is 0 Å². The van der Waals surface area contributed by atoms with Crippen LogP contribution in [0.3, 0.4) is 0 Å². The van der Waals surface area contributed by atoms with Crippen molar-refractivity contribution >= 4 is 17.3 Å². The molecule has 0 aliphatic carbocycles. The Hall–Kier alpha value is -2.68. The van der Waals surface area contributed by atoms with E-state index in [0.29, 0.717) is 29.1 Å². The lowest BCUT2D eigenvalue weighted by Crippen LogP contribution is -2.13. The number of thiazole rings is 1. The van der Waals surface area contributed by atoms with Crippen LogP contribution in [0.25, 0.3) is 16.4 Å². The first-order valence-corrected chi connectivity index (χ1v) is 9.42. The van der Waals surface area contributed by atoms with Crippen molar-refractivity contribution in [3.05, 3.63) is 47.1 Å². The van der Waals surface area contributed by atoms with Crippen molar-refractivity contribution in [3.8, 4) is 22.1 Å². The van der Waals surface area contributed by atoms with Gasteiger partial charge in [-0.15, -0.1) is 11.3 Å². The summed E-state index contributed by atoms with van der Waals surface area (Å²) >= 11 is 1.06. The lowest BCUT2D eigenvalue weighted by molar-refractivity contribution is -0.142. The summed E-state index contributed by atoms with van der Waals surface area (Å²) in [5.74, 6) is 0.0642. The van der Waals surface area contributed by atoms with E-state index in [9.17, 15) is 18.0 Å². The van der Waals surface area contributed by atoms with E-state index in [1.54, 1.807) is 29.6 Å². The van der Waals surface area contributed by atoms with Gasteiger partial charge in [0, 0.05) is 17.9 Å². The van der Waals surface area contributed by atoms with Gasteiger partial charge in [0.2, 0.25) is 5.13 Å². The molecule has 0 radical (unpaired) electrons. The van der Waals surface area contributed by atoms with Gasteiger partial charge in [0.25, 0.3) is 0 Å². The van der Waals surface area contributed by atoms with Gasteiger partial charge in [0.05, 0.1) is 11.4 Å². The predicted octanol–water partition coefficient (Wildman–Crippen LogP) is 5.14. The highest BCUT2D eigenvalue weighted by molar-refractivity contribution is 7.12. The molecule has 148 valence electrons. The van der Waals surface area contributed by atoms with Crippen molar-refractivity contribution in [1.82, 2.24) is 14.8 Å². The topological polar surface area (TPSA) is 57.0 Å². The summed E-state index contributed by atoms with van der Waals surface area (Å²) < 4.78 is 46.3. The molecular weight excluding hydrogens is 391 g/mol. The molecule has 3 aromatic rings. The molecule has 0 saturated heterocycles. The van der Waals surface area contributed by atoms with Crippen LogP contribution in [-0.2, 0) is 17.4 Å². The van der Waals surface area contributed by atoms with Crippen LogP contribution in [0.1, 0.15) is 32.2 Å². The Morgan fingerprint density at radius 2 is 2.04 bits per heavy atom. The van der Waals surface area contributed by atoms with Crippen molar-refractivity contribution in [2.24, 2.45) is 5.92 Å². The summed E-state index contributed by atoms with van der Waals surface area (Å²) in [6.07, 6.45) is -4.10. The van der Waals surface area contributed by atoms with Crippen LogP contribution < -0.4 is 4.74 Å². The summed E-state index contributed by atoms with van der Waals surface area (Å²) in [5, 5.41) is 5.89. The number of benzene rings is 1. The Kier molecular flexibility index (Phi) is 5.55. The number of alkyl halides is 3. The quantitative estimate of drug-likeness (QED) is 0.433. The minimum absolute atomic E-state index is 0.121. The number of carbonyl (C=O) groups is 1. The first kappa shape index (κ1) is 20.1. The fraction of sp³-hybridized carbons (Fsp3) is 0.316. The second-order valence-electron chi connectivity index (χ2n) is 6.67. The molecule has 0 spiro atoms. The molecule has 0 saturated carbocycles. The van der Waals surface area contributed by atoms with Crippen molar-refractivity contribution in [2.75, 3.05) is 0 Å². The molecule has 0 bridgehead atoms. The molecule has 1 aromatic carbocycles. The largest absolute Gasteiger partial charge is 0.433 e. The third-order valence-electron chi connectivity index (χ3n) is 3.73. The Labute approximate surface area is 163 Å². The number of nitrogens with zero attached hydrogens (tertiary/aromatic N) is 3. The highest BCUT2D eigenvalue weighted by Gasteiger charge is 2.37. The third kappa shape index (κ3) is 4.59. The molecule has 28 heavy (non-hydrogen) atoms. The van der Waals surface area contributed by atoms with Gasteiger partial charge in [-0.1, -0.05) is 26.0 Å². The molecule has 0 aliphatic rings. The summed E-state index contributed by atoms with van der Waals surface area (Å²) in [6.45, 7) is 5.13. The van der Waals surface area contributed by atoms with Gasteiger partial charge < -0.3 is 4.74 Å². The minimum Gasteiger partial charge on any atom is -0.427 e. The van der Waals surface area contributed by atoms with Gasteiger partial charge in [-0.3, -0.25) is 4.79 Å². The number of hydrogen-bond donors (Lipinski definition) is 0. The monoisotopic (exact) mass is 409 g/mol. The Bertz CT molecular complexity index is 992. The number of rotatable bonds is 5. The van der Waals surface area contributed by atoms with Gasteiger partial charge in [-0.25, -0.2) is 9.67 Å². The lowest BCUT2D eigenvalue weighted by atomic mass is 10.1. The number of aromatic nitrogens is 3. The van der Waals surface area contributed by atoms with Crippen LogP contribution in [0.15, 0.2) is 35.7 Å². The smallest absolute Gasteiger partial charge is 0.427 e. The predicted molar refractivity (Wildman–Crippen MR) is 99.5 cm³/mol. The normalized spacial score (nSPS) is 11.8. The highest BCUT2D eigenvalue weighted by atomic mass is 32.1. The highest BCUT2D eigenvalue weighted by Crippen LogP contribution is 2.34. The molecule has 0 N–H and O–H groups in total. The van der Waals surface area contributed by atoms with Crippen LogP contribution in [0.5, 0.6) is 5.75 Å². The van der Waals surface area contributed by atoms with Crippen LogP contribution in [0, 0.1) is 5.92 Å². The summed E-state index contributed by atoms with van der Waals surface area (Å²) in [4.78, 5) is 15.4. The molecule has 2 aromatic heterocycles. The average Bonchev–Trinajstić information content (AvgIpc) is 3.20. The maximum atomic E-state index is 13.5. The van der Waals surface area contributed by atoms with Crippen molar-refractivity contribution in [3.63, 3.8) is 0 Å². The van der Waals surface area contributed by atoms with Gasteiger partial charge >= 0.3 is 12.1 Å². The van der Waals surface area contributed by atoms with E-state index >= 15 is 0 Å². The second-order valence-corrected chi connectivity index (χ2v) is 7.50. The van der Waals surface area contributed by atoms with E-state index in [1.807, 2.05) is 13.8 Å². The SMILES string of the molecule is CC(=O)Oc1cccc(-c2csc(-n3nc(CC(C)C)cc3C(F)(F)F)n2)c1. The lowest BCUT2D eigenvalue weighted by Gasteiger charge is -2.07. The third-order valence-corrected chi connectivity index (χ3v) is 4.55. The minimum atomic E-state index is -4.54. The van der Waals surface area contributed by atoms with Gasteiger partial charge in [-0.05, 0) is 30.5 Å². The number of hydrogen-bond acceptors (Lipinski definition) is 5. The van der Waals surface area contributed by atoms with Gasteiger partial charge in [0.15, 0.2) is 5.69 Å². The molecule has 5 nitrogen and oxygen atoms in total. The van der Waals surface area contributed by atoms with E-state index < -0.39 is 17.8 Å². The fourth-order valence-electron chi connectivity index (χ4n) is 2.67. The van der Waals surface area contributed by atoms with Crippen molar-refractivity contribution in [1.29, 1.82) is 0 Å². The fourth-order valence-corrected chi connectivity index (χ4v) is 3.47. The molecule has 0 amide bonds. The summed E-state index contributed by atoms with van der Waals surface area (Å²) in [6, 6.07) is 7.72. The molecule has 2 heterocycles. The van der Waals surface area contributed by atoms with Crippen molar-refractivity contribution < 1.29 is 22.7 Å². The Balaban J connectivity index is 1.98. The number of esters is 1. The number of ether oxygens (including phenoxy) is 1. The van der Waals surface area contributed by atoms with E-state index in [0.717, 1.165) is 22.1 Å². The first-order chi connectivity index (χ1) is 13.1. The van der Waals surface area contributed by atoms with Crippen LogP contribution >= 0.6 is 11.3 Å². The maximum Gasteiger partial charge on any atom is 0.433 e. The molecule has 0 aliphatic heterocycles. The van der Waals surface area contributed by atoms with Gasteiger partial charge in [0.1, 0.15) is 5.75 Å². The zero-order valence-corrected chi connectivity index (χ0v) is 16.3. The molecule has 0 atom stereocenters. The first-order valence-electron chi connectivity index (χ1n) is 8.54. The molecule has 0 fully saturated rings. The zero-order chi connectivity index (χ0) is 20.5. The van der Waals surface area contributed by atoms with Crippen LogP contribution in [-0.4, -0.2) is 20.7 Å². The Morgan fingerprint density at radius 3 is 2.68 bits per heavy atom. The van der Waals surface area contributed by atoms with Gasteiger partial charge in [-0.2, -0.15) is 18.3 Å². The molecular formula is C19H18F3N3O2S.